The number of guanidine groups is 1. The molecule has 0 aliphatic carbocycles. The van der Waals surface area contributed by atoms with Gasteiger partial charge in [0.05, 0.1) is 18.2 Å². The number of thiazole rings is 1. The molecule has 0 saturated carbocycles. The van der Waals surface area contributed by atoms with E-state index in [2.05, 4.69) is 32.0 Å². The molecule has 0 bridgehead atoms. The minimum absolute atomic E-state index is 0.638. The Labute approximate surface area is 148 Å². The van der Waals surface area contributed by atoms with Crippen molar-refractivity contribution < 1.29 is 4.74 Å². The number of nitrogens with zero attached hydrogens (tertiary/aromatic N) is 4. The number of aryl methyl sites for hydroxylation is 1. The number of morpholine rings is 1. The number of rotatable bonds is 5. The van der Waals surface area contributed by atoms with Crippen molar-refractivity contribution in [1.29, 1.82) is 0 Å². The molecule has 1 unspecified atom stereocenters. The molecular formula is C17H29N5OS. The van der Waals surface area contributed by atoms with Gasteiger partial charge in [0.2, 0.25) is 0 Å². The highest BCUT2D eigenvalue weighted by molar-refractivity contribution is 7.11. The Balaban J connectivity index is 1.44. The van der Waals surface area contributed by atoms with E-state index in [9.17, 15) is 0 Å². The highest BCUT2D eigenvalue weighted by Gasteiger charge is 2.30. The summed E-state index contributed by atoms with van der Waals surface area (Å²) in [5, 5.41) is 4.72. The number of hydrogen-bond donors (Lipinski definition) is 1. The summed E-state index contributed by atoms with van der Waals surface area (Å²) in [6.07, 6.45) is 5.25. The SMILES string of the molecule is CCc1cnc(CCNC(=NC)N2CCC(N3CCOCC3)C2)s1. The Morgan fingerprint density at radius 2 is 2.25 bits per heavy atom. The molecule has 2 saturated heterocycles. The topological polar surface area (TPSA) is 53.0 Å². The van der Waals surface area contributed by atoms with Crippen molar-refractivity contribution in [3.63, 3.8) is 0 Å². The quantitative estimate of drug-likeness (QED) is 0.639. The first kappa shape index (κ1) is 17.6. The van der Waals surface area contributed by atoms with Gasteiger partial charge < -0.3 is 15.0 Å². The van der Waals surface area contributed by atoms with Crippen LogP contribution in [-0.4, -0.2) is 79.8 Å². The number of aliphatic imine (C=N–C) groups is 1. The van der Waals surface area contributed by atoms with Gasteiger partial charge in [-0.25, -0.2) is 4.98 Å². The molecule has 3 heterocycles. The lowest BCUT2D eigenvalue weighted by molar-refractivity contribution is 0.0195. The van der Waals surface area contributed by atoms with Gasteiger partial charge in [-0.3, -0.25) is 9.89 Å². The van der Waals surface area contributed by atoms with E-state index in [1.165, 1.54) is 16.3 Å². The van der Waals surface area contributed by atoms with Crippen LogP contribution in [0, 0.1) is 0 Å². The molecule has 6 nitrogen and oxygen atoms in total. The Morgan fingerprint density at radius 1 is 1.42 bits per heavy atom. The zero-order chi connectivity index (χ0) is 16.8. The molecule has 1 atom stereocenters. The van der Waals surface area contributed by atoms with Gasteiger partial charge in [0.25, 0.3) is 0 Å². The molecule has 0 aromatic carbocycles. The fraction of sp³-hybridized carbons (Fsp3) is 0.765. The van der Waals surface area contributed by atoms with Crippen molar-refractivity contribution in [2.45, 2.75) is 32.2 Å². The van der Waals surface area contributed by atoms with Gasteiger partial charge in [0, 0.05) is 63.3 Å². The first-order chi connectivity index (χ1) is 11.8. The van der Waals surface area contributed by atoms with Crippen LogP contribution < -0.4 is 5.32 Å². The molecular weight excluding hydrogens is 322 g/mol. The van der Waals surface area contributed by atoms with Crippen LogP contribution in [0.1, 0.15) is 23.2 Å². The van der Waals surface area contributed by atoms with E-state index in [1.807, 2.05) is 24.6 Å². The van der Waals surface area contributed by atoms with Crippen LogP contribution in [0.25, 0.3) is 0 Å². The largest absolute Gasteiger partial charge is 0.379 e. The molecule has 1 aromatic heterocycles. The third kappa shape index (κ3) is 4.46. The lowest BCUT2D eigenvalue weighted by Crippen LogP contribution is -2.46. The molecule has 134 valence electrons. The predicted molar refractivity (Wildman–Crippen MR) is 98.9 cm³/mol. The summed E-state index contributed by atoms with van der Waals surface area (Å²) in [6.45, 7) is 9.09. The Bertz CT molecular complexity index is 541. The van der Waals surface area contributed by atoms with Crippen LogP contribution in [-0.2, 0) is 17.6 Å². The minimum atomic E-state index is 0.638. The van der Waals surface area contributed by atoms with E-state index in [0.29, 0.717) is 6.04 Å². The first-order valence-electron chi connectivity index (χ1n) is 9.01. The second-order valence-corrected chi connectivity index (χ2v) is 7.53. The highest BCUT2D eigenvalue weighted by atomic mass is 32.1. The first-order valence-corrected chi connectivity index (χ1v) is 9.82. The van der Waals surface area contributed by atoms with Crippen LogP contribution >= 0.6 is 11.3 Å². The van der Waals surface area contributed by atoms with Crippen LogP contribution in [0.2, 0.25) is 0 Å². The molecule has 7 heteroatoms. The lowest BCUT2D eigenvalue weighted by atomic mass is 10.2. The number of ether oxygens (including phenoxy) is 1. The molecule has 2 fully saturated rings. The van der Waals surface area contributed by atoms with E-state index in [4.69, 9.17) is 4.74 Å². The molecule has 24 heavy (non-hydrogen) atoms. The summed E-state index contributed by atoms with van der Waals surface area (Å²) in [5.74, 6) is 1.03. The zero-order valence-electron chi connectivity index (χ0n) is 14.8. The third-order valence-corrected chi connectivity index (χ3v) is 6.01. The highest BCUT2D eigenvalue weighted by Crippen LogP contribution is 2.17. The van der Waals surface area contributed by atoms with Crippen LogP contribution in [0.3, 0.4) is 0 Å². The second-order valence-electron chi connectivity index (χ2n) is 6.33. The van der Waals surface area contributed by atoms with Crippen molar-refractivity contribution >= 4 is 17.3 Å². The lowest BCUT2D eigenvalue weighted by Gasteiger charge is -2.32. The predicted octanol–water partition coefficient (Wildman–Crippen LogP) is 1.23. The van der Waals surface area contributed by atoms with E-state index in [0.717, 1.165) is 64.7 Å². The molecule has 1 aromatic rings. The van der Waals surface area contributed by atoms with Gasteiger partial charge in [-0.1, -0.05) is 6.92 Å². The maximum atomic E-state index is 5.46. The Morgan fingerprint density at radius 3 is 2.96 bits per heavy atom. The van der Waals surface area contributed by atoms with E-state index < -0.39 is 0 Å². The fourth-order valence-electron chi connectivity index (χ4n) is 3.42. The Hall–Kier alpha value is -1.18. The molecule has 0 radical (unpaired) electrons. The third-order valence-electron chi connectivity index (χ3n) is 4.81. The zero-order valence-corrected chi connectivity index (χ0v) is 15.6. The maximum Gasteiger partial charge on any atom is 0.193 e. The fourth-order valence-corrected chi connectivity index (χ4v) is 4.28. The number of nitrogens with one attached hydrogen (secondary N) is 1. The van der Waals surface area contributed by atoms with Crippen molar-refractivity contribution in [2.24, 2.45) is 4.99 Å². The number of likely N-dealkylation sites (tertiary alicyclic amines) is 1. The Kier molecular flexibility index (Phi) is 6.45. The molecule has 2 aliphatic rings. The molecule has 3 rings (SSSR count). The van der Waals surface area contributed by atoms with Crippen molar-refractivity contribution in [1.82, 2.24) is 20.1 Å². The summed E-state index contributed by atoms with van der Waals surface area (Å²) in [4.78, 5) is 15.3. The van der Waals surface area contributed by atoms with E-state index in [1.54, 1.807) is 0 Å². The van der Waals surface area contributed by atoms with Gasteiger partial charge in [0.15, 0.2) is 5.96 Å². The van der Waals surface area contributed by atoms with Gasteiger partial charge in [-0.2, -0.15) is 0 Å². The van der Waals surface area contributed by atoms with Crippen molar-refractivity contribution in [3.8, 4) is 0 Å². The normalized spacial score (nSPS) is 23.0. The summed E-state index contributed by atoms with van der Waals surface area (Å²) >= 11 is 1.82. The summed E-state index contributed by atoms with van der Waals surface area (Å²) < 4.78 is 5.46. The minimum Gasteiger partial charge on any atom is -0.379 e. The molecule has 0 spiro atoms. The second kappa shape index (κ2) is 8.78. The van der Waals surface area contributed by atoms with Crippen LogP contribution in [0.15, 0.2) is 11.2 Å². The standard InChI is InChI=1S/C17H29N5OS/c1-3-15-12-20-16(24-15)4-6-19-17(18-2)22-7-5-14(13-22)21-8-10-23-11-9-21/h12,14H,3-11,13H2,1-2H3,(H,18,19). The van der Waals surface area contributed by atoms with Crippen LogP contribution in [0.4, 0.5) is 0 Å². The average molecular weight is 352 g/mol. The smallest absolute Gasteiger partial charge is 0.193 e. The maximum absolute atomic E-state index is 5.46. The van der Waals surface area contributed by atoms with Crippen molar-refractivity contribution in [2.75, 3.05) is 53.0 Å². The monoisotopic (exact) mass is 351 g/mol. The average Bonchev–Trinajstić information content (AvgIpc) is 3.29. The molecule has 0 amide bonds. The summed E-state index contributed by atoms with van der Waals surface area (Å²) in [7, 11) is 1.88. The van der Waals surface area contributed by atoms with Gasteiger partial charge in [-0.15, -0.1) is 11.3 Å². The van der Waals surface area contributed by atoms with Gasteiger partial charge >= 0.3 is 0 Å². The summed E-state index contributed by atoms with van der Waals surface area (Å²) in [5.41, 5.74) is 0. The van der Waals surface area contributed by atoms with E-state index in [-0.39, 0.29) is 0 Å². The van der Waals surface area contributed by atoms with Gasteiger partial charge in [-0.05, 0) is 12.8 Å². The number of hydrogen-bond acceptors (Lipinski definition) is 5. The molecule has 1 N–H and O–H groups in total. The van der Waals surface area contributed by atoms with Crippen LogP contribution in [0.5, 0.6) is 0 Å². The van der Waals surface area contributed by atoms with E-state index >= 15 is 0 Å². The van der Waals surface area contributed by atoms with Gasteiger partial charge in [0.1, 0.15) is 0 Å². The summed E-state index contributed by atoms with van der Waals surface area (Å²) in [6, 6.07) is 0.638. The number of aromatic nitrogens is 1. The molecule has 2 aliphatic heterocycles. The van der Waals surface area contributed by atoms with Crippen molar-refractivity contribution in [3.05, 3.63) is 16.1 Å².